The van der Waals surface area contributed by atoms with Crippen LogP contribution in [-0.2, 0) is 4.74 Å². The minimum absolute atomic E-state index is 0.0818. The van der Waals surface area contributed by atoms with E-state index in [9.17, 15) is 4.79 Å². The van der Waals surface area contributed by atoms with E-state index < -0.39 is 0 Å². The standard InChI is InChI=1S/C20H29ClN4O2/c1-3-27-15-6-10-20(2,11-7-15)24-12-8-14(9-13-24)25-18-16(22-19(25)26)4-5-17(21)23-18/h4-5,14-15H,3,6-13H2,1-2H3,(H,22,26)/t15-,20-. The molecule has 2 fully saturated rings. The molecule has 3 heterocycles. The molecule has 0 atom stereocenters. The van der Waals surface area contributed by atoms with E-state index in [4.69, 9.17) is 16.3 Å². The maximum Gasteiger partial charge on any atom is 0.327 e. The Labute approximate surface area is 164 Å². The third-order valence-corrected chi connectivity index (χ3v) is 6.75. The van der Waals surface area contributed by atoms with Crippen LogP contribution in [-0.4, -0.2) is 50.8 Å². The largest absolute Gasteiger partial charge is 0.379 e. The van der Waals surface area contributed by atoms with Crippen molar-refractivity contribution >= 4 is 22.8 Å². The SMILES string of the molecule is CCO[C@H]1CC[C@](C)(N2CCC(n3c(=O)[nH]c4ccc(Cl)nc43)CC2)CC1. The van der Waals surface area contributed by atoms with Crippen LogP contribution in [0, 0.1) is 0 Å². The van der Waals surface area contributed by atoms with Crippen LogP contribution in [0.5, 0.6) is 0 Å². The van der Waals surface area contributed by atoms with Crippen LogP contribution >= 0.6 is 11.6 Å². The molecular formula is C20H29ClN4O2. The lowest BCUT2D eigenvalue weighted by atomic mass is 9.79. The minimum atomic E-state index is -0.0818. The molecule has 1 aliphatic carbocycles. The first-order valence-electron chi connectivity index (χ1n) is 10.1. The second-order valence-electron chi connectivity index (χ2n) is 8.18. The number of nitrogens with one attached hydrogen (secondary N) is 1. The Hall–Kier alpha value is -1.37. The first-order valence-corrected chi connectivity index (χ1v) is 10.5. The number of halogens is 1. The Balaban J connectivity index is 1.45. The van der Waals surface area contributed by atoms with Crippen LogP contribution in [0.15, 0.2) is 16.9 Å². The lowest BCUT2D eigenvalue weighted by Crippen LogP contribution is -2.53. The summed E-state index contributed by atoms with van der Waals surface area (Å²) in [6.07, 6.45) is 7.03. The van der Waals surface area contributed by atoms with Gasteiger partial charge in [0, 0.05) is 31.3 Å². The van der Waals surface area contributed by atoms with E-state index in [0.717, 1.165) is 50.9 Å². The summed E-state index contributed by atoms with van der Waals surface area (Å²) in [5, 5.41) is 0.422. The summed E-state index contributed by atoms with van der Waals surface area (Å²) in [7, 11) is 0. The number of imidazole rings is 1. The van der Waals surface area contributed by atoms with Gasteiger partial charge in [-0.2, -0.15) is 0 Å². The fourth-order valence-corrected chi connectivity index (χ4v) is 5.06. The van der Waals surface area contributed by atoms with E-state index in [0.29, 0.717) is 16.9 Å². The Kier molecular flexibility index (Phi) is 5.32. The summed E-state index contributed by atoms with van der Waals surface area (Å²) < 4.78 is 7.63. The minimum Gasteiger partial charge on any atom is -0.379 e. The van der Waals surface area contributed by atoms with E-state index in [1.807, 2.05) is 10.6 Å². The highest BCUT2D eigenvalue weighted by Crippen LogP contribution is 2.37. The molecule has 27 heavy (non-hydrogen) atoms. The van der Waals surface area contributed by atoms with E-state index >= 15 is 0 Å². The van der Waals surface area contributed by atoms with Crippen molar-refractivity contribution in [1.82, 2.24) is 19.4 Å². The summed E-state index contributed by atoms with van der Waals surface area (Å²) >= 11 is 6.06. The van der Waals surface area contributed by atoms with Crippen molar-refractivity contribution in [1.29, 1.82) is 0 Å². The van der Waals surface area contributed by atoms with Gasteiger partial charge in [0.2, 0.25) is 0 Å². The molecule has 1 aliphatic heterocycles. The molecule has 4 rings (SSSR count). The number of hydrogen-bond donors (Lipinski definition) is 1. The van der Waals surface area contributed by atoms with Gasteiger partial charge < -0.3 is 9.72 Å². The number of ether oxygens (including phenoxy) is 1. The molecular weight excluding hydrogens is 364 g/mol. The van der Waals surface area contributed by atoms with Crippen LogP contribution < -0.4 is 5.69 Å². The fourth-order valence-electron chi connectivity index (χ4n) is 4.91. The molecule has 2 aromatic heterocycles. The van der Waals surface area contributed by atoms with E-state index in [-0.39, 0.29) is 17.3 Å². The fraction of sp³-hybridized carbons (Fsp3) is 0.700. The molecule has 0 amide bonds. The van der Waals surface area contributed by atoms with Gasteiger partial charge in [0.05, 0.1) is 11.6 Å². The predicted octanol–water partition coefficient (Wildman–Crippen LogP) is 3.75. The smallest absolute Gasteiger partial charge is 0.327 e. The lowest BCUT2D eigenvalue weighted by Gasteiger charge is -2.48. The average molecular weight is 393 g/mol. The topological polar surface area (TPSA) is 63.1 Å². The van der Waals surface area contributed by atoms with Crippen molar-refractivity contribution in [2.75, 3.05) is 19.7 Å². The lowest BCUT2D eigenvalue weighted by molar-refractivity contribution is -0.0273. The Bertz CT molecular complexity index is 845. The van der Waals surface area contributed by atoms with Crippen molar-refractivity contribution in [3.63, 3.8) is 0 Å². The summed E-state index contributed by atoms with van der Waals surface area (Å²) in [4.78, 5) is 22.4. The Morgan fingerprint density at radius 3 is 2.63 bits per heavy atom. The number of nitrogens with zero attached hydrogens (tertiary/aromatic N) is 3. The van der Waals surface area contributed by atoms with E-state index in [1.54, 1.807) is 6.07 Å². The van der Waals surface area contributed by atoms with E-state index in [1.165, 1.54) is 12.8 Å². The molecule has 1 saturated carbocycles. The summed E-state index contributed by atoms with van der Waals surface area (Å²) in [5.74, 6) is 0. The van der Waals surface area contributed by atoms with Crippen molar-refractivity contribution < 1.29 is 4.74 Å². The monoisotopic (exact) mass is 392 g/mol. The van der Waals surface area contributed by atoms with Crippen LogP contribution in [0.25, 0.3) is 11.2 Å². The number of hydrogen-bond acceptors (Lipinski definition) is 4. The summed E-state index contributed by atoms with van der Waals surface area (Å²) in [5.41, 5.74) is 1.61. The van der Waals surface area contributed by atoms with Gasteiger partial charge in [-0.1, -0.05) is 11.6 Å². The Morgan fingerprint density at radius 1 is 1.26 bits per heavy atom. The molecule has 2 aliphatic rings. The maximum atomic E-state index is 12.5. The summed E-state index contributed by atoms with van der Waals surface area (Å²) in [6.45, 7) is 7.31. The third kappa shape index (κ3) is 3.67. The van der Waals surface area contributed by atoms with Crippen LogP contribution in [0.1, 0.15) is 58.4 Å². The van der Waals surface area contributed by atoms with Gasteiger partial charge in [-0.25, -0.2) is 9.78 Å². The third-order valence-electron chi connectivity index (χ3n) is 6.53. The number of pyridine rings is 1. The second-order valence-corrected chi connectivity index (χ2v) is 8.56. The van der Waals surface area contributed by atoms with Crippen LogP contribution in [0.2, 0.25) is 5.15 Å². The molecule has 148 valence electrons. The number of H-pyrrole nitrogens is 1. The summed E-state index contributed by atoms with van der Waals surface area (Å²) in [6, 6.07) is 3.72. The molecule has 1 N–H and O–H groups in total. The number of aromatic amines is 1. The molecule has 2 aromatic rings. The number of aromatic nitrogens is 3. The van der Waals surface area contributed by atoms with Gasteiger partial charge in [0.15, 0.2) is 5.65 Å². The zero-order chi connectivity index (χ0) is 19.0. The van der Waals surface area contributed by atoms with Gasteiger partial charge >= 0.3 is 5.69 Å². The highest BCUT2D eigenvalue weighted by Gasteiger charge is 2.38. The quantitative estimate of drug-likeness (QED) is 0.805. The maximum absolute atomic E-state index is 12.5. The number of rotatable bonds is 4. The van der Waals surface area contributed by atoms with Crippen LogP contribution in [0.4, 0.5) is 0 Å². The molecule has 0 aromatic carbocycles. The normalized spacial score (nSPS) is 28.0. The average Bonchev–Trinajstić information content (AvgIpc) is 2.99. The van der Waals surface area contributed by atoms with E-state index in [2.05, 4.69) is 28.7 Å². The molecule has 6 nitrogen and oxygen atoms in total. The number of piperidine rings is 1. The second kappa shape index (κ2) is 7.57. The van der Waals surface area contributed by atoms with Crippen LogP contribution in [0.3, 0.4) is 0 Å². The highest BCUT2D eigenvalue weighted by molar-refractivity contribution is 6.29. The first-order chi connectivity index (χ1) is 13.0. The zero-order valence-corrected chi connectivity index (χ0v) is 17.0. The zero-order valence-electron chi connectivity index (χ0n) is 16.2. The number of likely N-dealkylation sites (tertiary alicyclic amines) is 1. The molecule has 0 bridgehead atoms. The van der Waals surface area contributed by atoms with Gasteiger partial charge in [-0.05, 0) is 64.5 Å². The Morgan fingerprint density at radius 2 is 1.96 bits per heavy atom. The first kappa shape index (κ1) is 19.0. The molecule has 7 heteroatoms. The number of fused-ring (bicyclic) bond motifs is 1. The van der Waals surface area contributed by atoms with Crippen molar-refractivity contribution in [2.24, 2.45) is 0 Å². The highest BCUT2D eigenvalue weighted by atomic mass is 35.5. The van der Waals surface area contributed by atoms with Gasteiger partial charge in [0.1, 0.15) is 5.15 Å². The van der Waals surface area contributed by atoms with Gasteiger partial charge in [0.25, 0.3) is 0 Å². The van der Waals surface area contributed by atoms with Crippen molar-refractivity contribution in [3.8, 4) is 0 Å². The molecule has 0 spiro atoms. The van der Waals surface area contributed by atoms with Crippen molar-refractivity contribution in [2.45, 2.75) is 70.1 Å². The molecule has 0 unspecified atom stereocenters. The van der Waals surface area contributed by atoms with Gasteiger partial charge in [-0.15, -0.1) is 0 Å². The molecule has 0 radical (unpaired) electrons. The predicted molar refractivity (Wildman–Crippen MR) is 107 cm³/mol. The molecule has 1 saturated heterocycles. The van der Waals surface area contributed by atoms with Gasteiger partial charge in [-0.3, -0.25) is 9.47 Å². The van der Waals surface area contributed by atoms with Crippen molar-refractivity contribution in [3.05, 3.63) is 27.8 Å².